The molecule has 1 heterocycles. The van der Waals surface area contributed by atoms with Crippen LogP contribution in [0, 0.1) is 5.41 Å². The van der Waals surface area contributed by atoms with Crippen LogP contribution in [0.3, 0.4) is 0 Å². The number of nitrogens with one attached hydrogen (secondary N) is 2. The van der Waals surface area contributed by atoms with Gasteiger partial charge < -0.3 is 15.5 Å². The highest BCUT2D eigenvalue weighted by Gasteiger charge is 2.54. The summed E-state index contributed by atoms with van der Waals surface area (Å²) in [6.07, 6.45) is 3.15. The molecule has 1 aliphatic carbocycles. The largest absolute Gasteiger partial charge is 0.325 e. The maximum Gasteiger partial charge on any atom is 0.325 e. The highest BCUT2D eigenvalue weighted by atomic mass is 16.2. The second-order valence-electron chi connectivity index (χ2n) is 9.08. The molecule has 28 heavy (non-hydrogen) atoms. The van der Waals surface area contributed by atoms with Gasteiger partial charge in [0.1, 0.15) is 12.1 Å². The van der Waals surface area contributed by atoms with Gasteiger partial charge in [0.2, 0.25) is 5.91 Å². The lowest BCUT2D eigenvalue weighted by Crippen LogP contribution is -2.52. The third kappa shape index (κ3) is 4.35. The van der Waals surface area contributed by atoms with Crippen LogP contribution in [-0.2, 0) is 16.1 Å². The Morgan fingerprint density at radius 1 is 1.25 bits per heavy atom. The molecule has 2 N–H and O–H groups in total. The van der Waals surface area contributed by atoms with Crippen LogP contribution in [0.4, 0.5) is 10.5 Å². The predicted molar refractivity (Wildman–Crippen MR) is 108 cm³/mol. The van der Waals surface area contributed by atoms with Gasteiger partial charge in [0.25, 0.3) is 5.91 Å². The van der Waals surface area contributed by atoms with E-state index < -0.39 is 11.6 Å². The zero-order valence-electron chi connectivity index (χ0n) is 17.2. The fraction of sp³-hybridized carbons (Fsp3) is 0.571. The Morgan fingerprint density at radius 3 is 2.68 bits per heavy atom. The molecule has 152 valence electrons. The van der Waals surface area contributed by atoms with Crippen molar-refractivity contribution in [2.75, 3.05) is 26.0 Å². The van der Waals surface area contributed by atoms with Crippen molar-refractivity contribution in [2.45, 2.75) is 51.6 Å². The Bertz CT molecular complexity index is 790. The highest BCUT2D eigenvalue weighted by molar-refractivity contribution is 6.10. The van der Waals surface area contributed by atoms with Crippen molar-refractivity contribution >= 4 is 23.5 Å². The van der Waals surface area contributed by atoms with E-state index in [0.717, 1.165) is 29.8 Å². The molecule has 1 saturated heterocycles. The standard InChI is InChI=1S/C21H30N4O3/c1-20(2)9-6-10-21(14-20)18(27)25(19(28)23-21)13-17(26)22-16-8-5-7-15(11-16)12-24(3)4/h5,7-8,11H,6,9-10,12-14H2,1-4H3,(H,22,26)(H,23,28). The summed E-state index contributed by atoms with van der Waals surface area (Å²) in [7, 11) is 3.95. The van der Waals surface area contributed by atoms with Crippen molar-refractivity contribution in [3.63, 3.8) is 0 Å². The van der Waals surface area contributed by atoms with Crippen LogP contribution in [0.5, 0.6) is 0 Å². The fourth-order valence-electron chi connectivity index (χ4n) is 4.43. The van der Waals surface area contributed by atoms with Crippen LogP contribution >= 0.6 is 0 Å². The van der Waals surface area contributed by atoms with E-state index in [9.17, 15) is 14.4 Å². The van der Waals surface area contributed by atoms with Crippen molar-refractivity contribution in [1.82, 2.24) is 15.1 Å². The summed E-state index contributed by atoms with van der Waals surface area (Å²) in [5, 5.41) is 5.68. The third-order valence-corrected chi connectivity index (χ3v) is 5.49. The van der Waals surface area contributed by atoms with E-state index in [2.05, 4.69) is 24.5 Å². The van der Waals surface area contributed by atoms with Crippen molar-refractivity contribution in [1.29, 1.82) is 0 Å². The van der Waals surface area contributed by atoms with Gasteiger partial charge in [-0.05, 0) is 56.5 Å². The quantitative estimate of drug-likeness (QED) is 0.762. The normalized spacial score (nSPS) is 24.0. The van der Waals surface area contributed by atoms with Gasteiger partial charge in [0.05, 0.1) is 0 Å². The van der Waals surface area contributed by atoms with E-state index in [-0.39, 0.29) is 23.8 Å². The Kier molecular flexibility index (Phi) is 5.48. The first kappa shape index (κ1) is 20.3. The topological polar surface area (TPSA) is 81.8 Å². The zero-order valence-corrected chi connectivity index (χ0v) is 17.2. The van der Waals surface area contributed by atoms with Crippen molar-refractivity contribution in [3.8, 4) is 0 Å². The molecule has 1 saturated carbocycles. The van der Waals surface area contributed by atoms with Gasteiger partial charge in [-0.2, -0.15) is 0 Å². The van der Waals surface area contributed by atoms with Crippen molar-refractivity contribution < 1.29 is 14.4 Å². The monoisotopic (exact) mass is 386 g/mol. The number of nitrogens with zero attached hydrogens (tertiary/aromatic N) is 2. The van der Waals surface area contributed by atoms with E-state index in [1.807, 2.05) is 37.2 Å². The number of carbonyl (C=O) groups excluding carboxylic acids is 3. The Labute approximate surface area is 166 Å². The SMILES string of the molecule is CN(C)Cc1cccc(NC(=O)CN2C(=O)NC3(CCCC(C)(C)C3)C2=O)c1. The van der Waals surface area contributed by atoms with Gasteiger partial charge in [-0.1, -0.05) is 32.4 Å². The van der Waals surface area contributed by atoms with Crippen LogP contribution in [0.2, 0.25) is 0 Å². The number of hydrogen-bond donors (Lipinski definition) is 2. The molecule has 0 bridgehead atoms. The molecule has 1 spiro atoms. The second kappa shape index (κ2) is 7.54. The fourth-order valence-corrected chi connectivity index (χ4v) is 4.43. The average Bonchev–Trinajstić information content (AvgIpc) is 2.77. The Balaban J connectivity index is 1.66. The lowest BCUT2D eigenvalue weighted by molar-refractivity contribution is -0.136. The zero-order chi connectivity index (χ0) is 20.5. The van der Waals surface area contributed by atoms with Gasteiger partial charge >= 0.3 is 6.03 Å². The highest BCUT2D eigenvalue weighted by Crippen LogP contribution is 2.43. The molecule has 7 heteroatoms. The number of benzene rings is 1. The molecule has 4 amide bonds. The Hall–Kier alpha value is -2.41. The van der Waals surface area contributed by atoms with E-state index in [1.54, 1.807) is 6.07 Å². The molecule has 1 atom stereocenters. The number of anilines is 1. The van der Waals surface area contributed by atoms with E-state index in [0.29, 0.717) is 18.5 Å². The summed E-state index contributed by atoms with van der Waals surface area (Å²) in [6.45, 7) is 4.71. The van der Waals surface area contributed by atoms with Crippen LogP contribution < -0.4 is 10.6 Å². The molecule has 1 unspecified atom stereocenters. The van der Waals surface area contributed by atoms with Crippen LogP contribution in [-0.4, -0.2) is 53.8 Å². The third-order valence-electron chi connectivity index (χ3n) is 5.49. The van der Waals surface area contributed by atoms with E-state index in [1.165, 1.54) is 0 Å². The van der Waals surface area contributed by atoms with Gasteiger partial charge in [-0.15, -0.1) is 0 Å². The molecule has 1 aromatic rings. The lowest BCUT2D eigenvalue weighted by Gasteiger charge is -2.40. The molecule has 0 aromatic heterocycles. The number of hydrogen-bond acceptors (Lipinski definition) is 4. The summed E-state index contributed by atoms with van der Waals surface area (Å²) in [6, 6.07) is 7.09. The minimum atomic E-state index is -0.856. The molecular weight excluding hydrogens is 356 g/mol. The first-order valence-corrected chi connectivity index (χ1v) is 9.78. The smallest absolute Gasteiger partial charge is 0.325 e. The summed E-state index contributed by atoms with van der Waals surface area (Å²) in [4.78, 5) is 41.0. The second-order valence-corrected chi connectivity index (χ2v) is 9.08. The maximum absolute atomic E-state index is 13.0. The molecular formula is C21H30N4O3. The molecule has 1 aliphatic heterocycles. The number of amides is 4. The van der Waals surface area contributed by atoms with Crippen LogP contribution in [0.1, 0.15) is 45.1 Å². The molecule has 0 radical (unpaired) electrons. The van der Waals surface area contributed by atoms with Gasteiger partial charge in [-0.3, -0.25) is 14.5 Å². The average molecular weight is 386 g/mol. The first-order chi connectivity index (χ1) is 13.1. The molecule has 7 nitrogen and oxygen atoms in total. The minimum absolute atomic E-state index is 0.00760. The van der Waals surface area contributed by atoms with E-state index in [4.69, 9.17) is 0 Å². The summed E-state index contributed by atoms with van der Waals surface area (Å²) < 4.78 is 0. The summed E-state index contributed by atoms with van der Waals surface area (Å²) in [5.41, 5.74) is 0.864. The maximum atomic E-state index is 13.0. The molecule has 3 rings (SSSR count). The van der Waals surface area contributed by atoms with Gasteiger partial charge in [0, 0.05) is 12.2 Å². The summed E-state index contributed by atoms with van der Waals surface area (Å²) in [5.74, 6) is -0.653. The number of imide groups is 1. The first-order valence-electron chi connectivity index (χ1n) is 9.78. The number of urea groups is 1. The number of rotatable bonds is 5. The van der Waals surface area contributed by atoms with Crippen LogP contribution in [0.25, 0.3) is 0 Å². The van der Waals surface area contributed by atoms with Crippen LogP contribution in [0.15, 0.2) is 24.3 Å². The van der Waals surface area contributed by atoms with Gasteiger partial charge in [-0.25, -0.2) is 4.79 Å². The Morgan fingerprint density at radius 2 is 2.00 bits per heavy atom. The van der Waals surface area contributed by atoms with Gasteiger partial charge in [0.15, 0.2) is 0 Å². The predicted octanol–water partition coefficient (Wildman–Crippen LogP) is 2.58. The minimum Gasteiger partial charge on any atom is -0.325 e. The number of carbonyl (C=O) groups is 3. The van der Waals surface area contributed by atoms with E-state index >= 15 is 0 Å². The molecule has 2 aliphatic rings. The van der Waals surface area contributed by atoms with Crippen molar-refractivity contribution in [2.24, 2.45) is 5.41 Å². The summed E-state index contributed by atoms with van der Waals surface area (Å²) >= 11 is 0. The molecule has 2 fully saturated rings. The molecule has 1 aromatic carbocycles. The lowest BCUT2D eigenvalue weighted by atomic mass is 9.68. The van der Waals surface area contributed by atoms with Crippen molar-refractivity contribution in [3.05, 3.63) is 29.8 Å².